The van der Waals surface area contributed by atoms with Crippen LogP contribution in [0.4, 0.5) is 8.78 Å². The van der Waals surface area contributed by atoms with E-state index in [1.807, 2.05) is 6.92 Å². The Bertz CT molecular complexity index is 550. The summed E-state index contributed by atoms with van der Waals surface area (Å²) in [6.07, 6.45) is -0.649. The number of amides is 1. The molecule has 2 atom stereocenters. The molecule has 0 aliphatic carbocycles. The van der Waals surface area contributed by atoms with Crippen molar-refractivity contribution >= 4 is 17.2 Å². The van der Waals surface area contributed by atoms with Crippen molar-refractivity contribution in [1.82, 2.24) is 9.88 Å². The molecule has 1 amide bonds. The van der Waals surface area contributed by atoms with E-state index in [0.29, 0.717) is 15.6 Å². The van der Waals surface area contributed by atoms with Gasteiger partial charge in [-0.25, -0.2) is 13.8 Å². The Morgan fingerprint density at radius 3 is 2.91 bits per heavy atom. The molecule has 1 aromatic heterocycles. The molecule has 0 spiro atoms. The van der Waals surface area contributed by atoms with Crippen LogP contribution >= 0.6 is 11.3 Å². The van der Waals surface area contributed by atoms with Gasteiger partial charge in [0.2, 0.25) is 0 Å². The number of carbonyl (C=O) groups excluding carboxylic acids is 1. The predicted molar refractivity (Wildman–Crippen MR) is 78.3 cm³/mol. The average Bonchev–Trinajstić information content (AvgIpc) is 2.87. The number of rotatable bonds is 4. The summed E-state index contributed by atoms with van der Waals surface area (Å²) >= 11 is 1.23. The van der Waals surface area contributed by atoms with Crippen molar-refractivity contribution in [3.8, 4) is 0 Å². The highest BCUT2D eigenvalue weighted by Crippen LogP contribution is 2.34. The number of nitrogens with zero attached hydrogens (tertiary/aromatic N) is 2. The molecule has 1 aliphatic rings. The standard InChI is InChI=1S/C14H20F2N2O3S/c1-8-11(22-12(17-8)9(2)21-3)13(20)18-5-4-14(15,16)10(6-18)7-19/h9-10,19H,4-7H2,1-3H3/t9-,10-/m0/s1. The van der Waals surface area contributed by atoms with Crippen molar-refractivity contribution in [3.63, 3.8) is 0 Å². The summed E-state index contributed by atoms with van der Waals surface area (Å²) in [5.74, 6) is -4.45. The summed E-state index contributed by atoms with van der Waals surface area (Å²) < 4.78 is 32.4. The van der Waals surface area contributed by atoms with Crippen molar-refractivity contribution in [3.05, 3.63) is 15.6 Å². The van der Waals surface area contributed by atoms with Gasteiger partial charge >= 0.3 is 0 Å². The number of aliphatic hydroxyl groups is 1. The normalized spacial score (nSPS) is 22.6. The van der Waals surface area contributed by atoms with Crippen LogP contribution in [0.3, 0.4) is 0 Å². The van der Waals surface area contributed by atoms with Crippen molar-refractivity contribution in [2.24, 2.45) is 5.92 Å². The molecule has 1 saturated heterocycles. The lowest BCUT2D eigenvalue weighted by atomic mass is 9.94. The van der Waals surface area contributed by atoms with E-state index in [4.69, 9.17) is 9.84 Å². The number of halogens is 2. The van der Waals surface area contributed by atoms with Crippen LogP contribution in [-0.2, 0) is 4.74 Å². The van der Waals surface area contributed by atoms with Crippen molar-refractivity contribution in [2.75, 3.05) is 26.8 Å². The minimum Gasteiger partial charge on any atom is -0.396 e. The zero-order valence-electron chi connectivity index (χ0n) is 12.8. The molecule has 22 heavy (non-hydrogen) atoms. The monoisotopic (exact) mass is 334 g/mol. The first-order valence-electron chi connectivity index (χ1n) is 7.08. The average molecular weight is 334 g/mol. The second kappa shape index (κ2) is 6.55. The molecular weight excluding hydrogens is 314 g/mol. The van der Waals surface area contributed by atoms with Gasteiger partial charge in [-0.1, -0.05) is 0 Å². The maximum absolute atomic E-state index is 13.6. The Morgan fingerprint density at radius 1 is 1.64 bits per heavy atom. The van der Waals surface area contributed by atoms with Gasteiger partial charge in [0.05, 0.1) is 18.2 Å². The zero-order chi connectivity index (χ0) is 16.5. The number of hydrogen-bond acceptors (Lipinski definition) is 5. The first-order chi connectivity index (χ1) is 10.3. The summed E-state index contributed by atoms with van der Waals surface area (Å²) in [6, 6.07) is 0. The Kier molecular flexibility index (Phi) is 5.14. The van der Waals surface area contributed by atoms with Gasteiger partial charge in [-0.05, 0) is 13.8 Å². The largest absolute Gasteiger partial charge is 0.396 e. The Hall–Kier alpha value is -1.12. The van der Waals surface area contributed by atoms with Gasteiger partial charge in [-0.15, -0.1) is 11.3 Å². The predicted octanol–water partition coefficient (Wildman–Crippen LogP) is 2.25. The van der Waals surface area contributed by atoms with Gasteiger partial charge < -0.3 is 14.7 Å². The third kappa shape index (κ3) is 3.28. The van der Waals surface area contributed by atoms with Crippen LogP contribution in [0.5, 0.6) is 0 Å². The molecule has 0 saturated carbocycles. The van der Waals surface area contributed by atoms with Gasteiger partial charge in [0.25, 0.3) is 11.8 Å². The molecule has 0 radical (unpaired) electrons. The highest BCUT2D eigenvalue weighted by molar-refractivity contribution is 7.13. The molecule has 124 valence electrons. The fraction of sp³-hybridized carbons (Fsp3) is 0.714. The van der Waals surface area contributed by atoms with Crippen LogP contribution in [0, 0.1) is 12.8 Å². The summed E-state index contributed by atoms with van der Waals surface area (Å²) in [5, 5.41) is 9.80. The molecule has 2 heterocycles. The topological polar surface area (TPSA) is 62.7 Å². The van der Waals surface area contributed by atoms with Crippen molar-refractivity contribution in [1.29, 1.82) is 0 Å². The van der Waals surface area contributed by atoms with E-state index < -0.39 is 24.9 Å². The minimum absolute atomic E-state index is 0.0190. The second-order valence-electron chi connectivity index (χ2n) is 5.49. The van der Waals surface area contributed by atoms with Gasteiger partial charge in [-0.2, -0.15) is 0 Å². The minimum atomic E-state index is -2.93. The van der Waals surface area contributed by atoms with Crippen molar-refractivity contribution in [2.45, 2.75) is 32.3 Å². The van der Waals surface area contributed by atoms with E-state index in [1.165, 1.54) is 16.2 Å². The fourth-order valence-corrected chi connectivity index (χ4v) is 3.45. The molecule has 5 nitrogen and oxygen atoms in total. The second-order valence-corrected chi connectivity index (χ2v) is 6.52. The van der Waals surface area contributed by atoms with Crippen LogP contribution in [0.2, 0.25) is 0 Å². The number of carbonyl (C=O) groups is 1. The molecule has 8 heteroatoms. The van der Waals surface area contributed by atoms with Crippen molar-refractivity contribution < 1.29 is 23.4 Å². The lowest BCUT2D eigenvalue weighted by molar-refractivity contribution is -0.113. The number of methoxy groups -OCH3 is 1. The Balaban J connectivity index is 2.17. The van der Waals surface area contributed by atoms with E-state index in [1.54, 1.807) is 14.0 Å². The van der Waals surface area contributed by atoms with Crippen LogP contribution in [0.15, 0.2) is 0 Å². The number of aryl methyl sites for hydroxylation is 1. The number of ether oxygens (including phenoxy) is 1. The number of hydrogen-bond donors (Lipinski definition) is 1. The van der Waals surface area contributed by atoms with E-state index >= 15 is 0 Å². The molecule has 0 bridgehead atoms. The van der Waals surface area contributed by atoms with E-state index in [0.717, 1.165) is 0 Å². The fourth-order valence-electron chi connectivity index (χ4n) is 2.39. The molecule has 0 unspecified atom stereocenters. The zero-order valence-corrected chi connectivity index (χ0v) is 13.6. The van der Waals surface area contributed by atoms with E-state index in [9.17, 15) is 13.6 Å². The molecular formula is C14H20F2N2O3S. The molecule has 2 rings (SSSR count). The van der Waals surface area contributed by atoms with E-state index in [2.05, 4.69) is 4.98 Å². The van der Waals surface area contributed by atoms with Crippen LogP contribution in [0.25, 0.3) is 0 Å². The van der Waals surface area contributed by atoms with Gasteiger partial charge in [0, 0.05) is 26.6 Å². The van der Waals surface area contributed by atoms with Gasteiger partial charge in [0.15, 0.2) is 0 Å². The molecule has 1 aromatic rings. The smallest absolute Gasteiger partial charge is 0.265 e. The number of aromatic nitrogens is 1. The molecule has 1 aliphatic heterocycles. The first kappa shape index (κ1) is 17.2. The highest BCUT2D eigenvalue weighted by Gasteiger charge is 2.45. The SMILES string of the molecule is CO[C@@H](C)c1nc(C)c(C(=O)N2CCC(F)(F)[C@H](CO)C2)s1. The molecule has 1 N–H and O–H groups in total. The maximum atomic E-state index is 13.6. The van der Waals surface area contributed by atoms with E-state index in [-0.39, 0.29) is 25.1 Å². The van der Waals surface area contributed by atoms with Crippen LogP contribution in [-0.4, -0.2) is 53.6 Å². The summed E-state index contributed by atoms with van der Waals surface area (Å²) in [7, 11) is 1.56. The molecule has 0 aromatic carbocycles. The third-order valence-electron chi connectivity index (χ3n) is 3.97. The van der Waals surface area contributed by atoms with Crippen LogP contribution in [0.1, 0.15) is 39.8 Å². The number of aliphatic hydroxyl groups excluding tert-OH is 1. The summed E-state index contributed by atoms with van der Waals surface area (Å²) in [4.78, 5) is 18.7. The summed E-state index contributed by atoms with van der Waals surface area (Å²) in [5.41, 5.74) is 0.576. The third-order valence-corrected chi connectivity index (χ3v) is 5.28. The number of likely N-dealkylation sites (tertiary alicyclic amines) is 1. The quantitative estimate of drug-likeness (QED) is 0.917. The molecule has 1 fully saturated rings. The van der Waals surface area contributed by atoms with Gasteiger partial charge in [0.1, 0.15) is 16.0 Å². The maximum Gasteiger partial charge on any atom is 0.265 e. The number of alkyl halides is 2. The first-order valence-corrected chi connectivity index (χ1v) is 7.90. The van der Waals surface area contributed by atoms with Gasteiger partial charge in [-0.3, -0.25) is 4.79 Å². The lowest BCUT2D eigenvalue weighted by Gasteiger charge is -2.37. The summed E-state index contributed by atoms with van der Waals surface area (Å²) in [6.45, 7) is 2.75. The Labute approximate surface area is 131 Å². The number of piperidine rings is 1. The van der Waals surface area contributed by atoms with Crippen LogP contribution < -0.4 is 0 Å². The highest BCUT2D eigenvalue weighted by atomic mass is 32.1. The Morgan fingerprint density at radius 2 is 2.32 bits per heavy atom. The number of thiazole rings is 1. The lowest BCUT2D eigenvalue weighted by Crippen LogP contribution is -2.50.